The van der Waals surface area contributed by atoms with Crippen molar-refractivity contribution in [3.63, 3.8) is 0 Å². The van der Waals surface area contributed by atoms with Crippen molar-refractivity contribution in [2.75, 3.05) is 5.73 Å². The summed E-state index contributed by atoms with van der Waals surface area (Å²) in [5, 5.41) is 0. The highest BCUT2D eigenvalue weighted by molar-refractivity contribution is 5.83. The van der Waals surface area contributed by atoms with Crippen LogP contribution in [-0.2, 0) is 5.41 Å². The minimum atomic E-state index is -0.0899. The highest BCUT2D eigenvalue weighted by atomic mass is 15.1. The van der Waals surface area contributed by atoms with Gasteiger partial charge in [-0.1, -0.05) is 98.8 Å². The van der Waals surface area contributed by atoms with E-state index >= 15 is 0 Å². The predicted octanol–water partition coefficient (Wildman–Crippen LogP) is 6.76. The van der Waals surface area contributed by atoms with Gasteiger partial charge in [0.05, 0.1) is 0 Å². The van der Waals surface area contributed by atoms with Gasteiger partial charge in [0.2, 0.25) is 5.95 Å². The van der Waals surface area contributed by atoms with Gasteiger partial charge in [0, 0.05) is 16.5 Å². The Labute approximate surface area is 199 Å². The molecule has 34 heavy (non-hydrogen) atoms. The maximum Gasteiger partial charge on any atom is 0.224 e. The number of hydrogen-bond donors (Lipinski definition) is 1. The molecule has 1 heterocycles. The number of benzene rings is 4. The quantitative estimate of drug-likeness (QED) is 0.337. The Balaban J connectivity index is 1.44. The fourth-order valence-corrected chi connectivity index (χ4v) is 4.96. The summed E-state index contributed by atoms with van der Waals surface area (Å²) >= 11 is 0. The van der Waals surface area contributed by atoms with Crippen LogP contribution in [0.2, 0.25) is 0 Å². The minimum absolute atomic E-state index is 0.0899. The molecule has 0 spiro atoms. The SMILES string of the molecule is CC1(C)c2ccccc2-c2ccc(-c3nc(N)nc(-c4cccc(-c5ccccc5)c4)n3)cc21. The van der Waals surface area contributed by atoms with Crippen LogP contribution in [0.3, 0.4) is 0 Å². The second-order valence-electron chi connectivity index (χ2n) is 9.22. The average molecular weight is 441 g/mol. The Bertz CT molecular complexity index is 1540. The maximum absolute atomic E-state index is 6.16. The lowest BCUT2D eigenvalue weighted by molar-refractivity contribution is 0.660. The lowest BCUT2D eigenvalue weighted by atomic mass is 9.82. The molecule has 0 saturated carbocycles. The molecule has 6 rings (SSSR count). The van der Waals surface area contributed by atoms with Crippen LogP contribution in [0.15, 0.2) is 97.1 Å². The Hall–Kier alpha value is -4.31. The second kappa shape index (κ2) is 7.63. The van der Waals surface area contributed by atoms with E-state index in [-0.39, 0.29) is 11.4 Å². The number of nitrogens with zero attached hydrogens (tertiary/aromatic N) is 3. The number of hydrogen-bond acceptors (Lipinski definition) is 4. The fourth-order valence-electron chi connectivity index (χ4n) is 4.96. The fraction of sp³-hybridized carbons (Fsp3) is 0.100. The van der Waals surface area contributed by atoms with Gasteiger partial charge in [-0.05, 0) is 45.5 Å². The summed E-state index contributed by atoms with van der Waals surface area (Å²) in [7, 11) is 0. The third-order valence-electron chi connectivity index (χ3n) is 6.72. The van der Waals surface area contributed by atoms with Crippen molar-refractivity contribution in [1.82, 2.24) is 15.0 Å². The molecule has 0 bridgehead atoms. The van der Waals surface area contributed by atoms with Crippen LogP contribution in [0.1, 0.15) is 25.0 Å². The van der Waals surface area contributed by atoms with Crippen molar-refractivity contribution in [2.24, 2.45) is 0 Å². The van der Waals surface area contributed by atoms with E-state index < -0.39 is 0 Å². The van der Waals surface area contributed by atoms with Gasteiger partial charge in [0.25, 0.3) is 0 Å². The van der Waals surface area contributed by atoms with Crippen molar-refractivity contribution < 1.29 is 0 Å². The van der Waals surface area contributed by atoms with Crippen molar-refractivity contribution in [1.29, 1.82) is 0 Å². The maximum atomic E-state index is 6.16. The van der Waals surface area contributed by atoms with Crippen LogP contribution in [-0.4, -0.2) is 15.0 Å². The molecule has 1 aliphatic carbocycles. The molecule has 4 aromatic carbocycles. The smallest absolute Gasteiger partial charge is 0.224 e. The third kappa shape index (κ3) is 3.27. The van der Waals surface area contributed by atoms with Crippen molar-refractivity contribution >= 4 is 5.95 Å². The van der Waals surface area contributed by atoms with Gasteiger partial charge in [0.15, 0.2) is 11.6 Å². The monoisotopic (exact) mass is 440 g/mol. The van der Waals surface area contributed by atoms with Crippen LogP contribution >= 0.6 is 0 Å². The highest BCUT2D eigenvalue weighted by Gasteiger charge is 2.35. The molecule has 0 atom stereocenters. The third-order valence-corrected chi connectivity index (χ3v) is 6.72. The van der Waals surface area contributed by atoms with E-state index in [2.05, 4.69) is 90.5 Å². The number of nitrogen functional groups attached to an aromatic ring is 1. The van der Waals surface area contributed by atoms with Crippen LogP contribution in [0, 0.1) is 0 Å². The van der Waals surface area contributed by atoms with Gasteiger partial charge in [0.1, 0.15) is 0 Å². The van der Waals surface area contributed by atoms with Crippen LogP contribution in [0.5, 0.6) is 0 Å². The summed E-state index contributed by atoms with van der Waals surface area (Å²) in [4.78, 5) is 13.8. The molecular weight excluding hydrogens is 416 g/mol. The zero-order valence-electron chi connectivity index (χ0n) is 19.2. The molecule has 0 fully saturated rings. The van der Waals surface area contributed by atoms with Gasteiger partial charge in [-0.2, -0.15) is 9.97 Å². The van der Waals surface area contributed by atoms with Gasteiger partial charge >= 0.3 is 0 Å². The van der Waals surface area contributed by atoms with E-state index in [1.54, 1.807) is 0 Å². The first-order valence-electron chi connectivity index (χ1n) is 11.4. The Kier molecular flexibility index (Phi) is 4.56. The topological polar surface area (TPSA) is 64.7 Å². The van der Waals surface area contributed by atoms with Gasteiger partial charge in [-0.25, -0.2) is 4.98 Å². The van der Waals surface area contributed by atoms with Crippen LogP contribution in [0.25, 0.3) is 45.0 Å². The number of aromatic nitrogens is 3. The zero-order chi connectivity index (χ0) is 23.3. The minimum Gasteiger partial charge on any atom is -0.368 e. The normalized spacial score (nSPS) is 13.4. The first-order valence-corrected chi connectivity index (χ1v) is 11.4. The number of rotatable bonds is 3. The van der Waals surface area contributed by atoms with Gasteiger partial charge in [-0.3, -0.25) is 0 Å². The van der Waals surface area contributed by atoms with Crippen LogP contribution < -0.4 is 5.73 Å². The molecule has 0 unspecified atom stereocenters. The zero-order valence-corrected chi connectivity index (χ0v) is 19.2. The van der Waals surface area contributed by atoms with E-state index in [9.17, 15) is 0 Å². The summed E-state index contributed by atoms with van der Waals surface area (Å²) in [5.74, 6) is 1.37. The van der Waals surface area contributed by atoms with E-state index in [4.69, 9.17) is 10.7 Å². The summed E-state index contributed by atoms with van der Waals surface area (Å²) in [6, 6.07) is 33.6. The van der Waals surface area contributed by atoms with Crippen LogP contribution in [0.4, 0.5) is 5.95 Å². The molecule has 1 aliphatic rings. The summed E-state index contributed by atoms with van der Waals surface area (Å²) < 4.78 is 0. The van der Waals surface area contributed by atoms with Gasteiger partial charge in [-0.15, -0.1) is 0 Å². The van der Waals surface area contributed by atoms with Gasteiger partial charge < -0.3 is 5.73 Å². The number of nitrogens with two attached hydrogens (primary N) is 1. The second-order valence-corrected chi connectivity index (χ2v) is 9.22. The first kappa shape index (κ1) is 20.3. The summed E-state index contributed by atoms with van der Waals surface area (Å²) in [6.07, 6.45) is 0. The number of fused-ring (bicyclic) bond motifs is 3. The molecule has 0 aliphatic heterocycles. The largest absolute Gasteiger partial charge is 0.368 e. The lowest BCUT2D eigenvalue weighted by Gasteiger charge is -2.21. The molecule has 4 nitrogen and oxygen atoms in total. The number of anilines is 1. The Morgan fingerprint density at radius 2 is 1.15 bits per heavy atom. The summed E-state index contributed by atoms with van der Waals surface area (Å²) in [6.45, 7) is 4.54. The van der Waals surface area contributed by atoms with Crippen molar-refractivity contribution in [3.8, 4) is 45.0 Å². The molecule has 1 aromatic heterocycles. The molecule has 0 radical (unpaired) electrons. The van der Waals surface area contributed by atoms with E-state index in [1.165, 1.54) is 22.3 Å². The van der Waals surface area contributed by atoms with E-state index in [0.29, 0.717) is 11.6 Å². The first-order chi connectivity index (χ1) is 16.5. The molecule has 5 aromatic rings. The molecule has 0 saturated heterocycles. The Morgan fingerprint density at radius 1 is 0.529 bits per heavy atom. The molecular formula is C30H24N4. The highest BCUT2D eigenvalue weighted by Crippen LogP contribution is 2.49. The molecule has 2 N–H and O–H groups in total. The predicted molar refractivity (Wildman–Crippen MR) is 138 cm³/mol. The van der Waals surface area contributed by atoms with E-state index in [0.717, 1.165) is 22.3 Å². The average Bonchev–Trinajstić information content (AvgIpc) is 3.11. The summed E-state index contributed by atoms with van der Waals surface area (Å²) in [5.41, 5.74) is 15.3. The van der Waals surface area contributed by atoms with Crippen molar-refractivity contribution in [2.45, 2.75) is 19.3 Å². The molecule has 4 heteroatoms. The Morgan fingerprint density at radius 3 is 1.94 bits per heavy atom. The van der Waals surface area contributed by atoms with Crippen molar-refractivity contribution in [3.05, 3.63) is 108 Å². The molecule has 164 valence electrons. The van der Waals surface area contributed by atoms with E-state index in [1.807, 2.05) is 30.3 Å². The lowest BCUT2D eigenvalue weighted by Crippen LogP contribution is -2.15. The standard InChI is InChI=1S/C30H24N4/c1-30(2)25-14-7-6-13-23(25)24-16-15-22(18-26(24)30)28-32-27(33-29(31)34-28)21-12-8-11-20(17-21)19-9-4-3-5-10-19/h3-18H,1-2H3,(H2,31,32,33,34). The molecule has 0 amide bonds.